The van der Waals surface area contributed by atoms with Gasteiger partial charge >= 0.3 is 0 Å². The van der Waals surface area contributed by atoms with Crippen LogP contribution in [0.25, 0.3) is 11.1 Å². The Bertz CT molecular complexity index is 1080. The zero-order valence-electron chi connectivity index (χ0n) is 15.9. The maximum atomic E-state index is 12.8. The highest BCUT2D eigenvalue weighted by atomic mass is 16.2. The van der Waals surface area contributed by atoms with E-state index in [1.54, 1.807) is 23.1 Å². The van der Waals surface area contributed by atoms with Crippen molar-refractivity contribution in [2.75, 3.05) is 13.1 Å². The van der Waals surface area contributed by atoms with Gasteiger partial charge in [0.25, 0.3) is 5.56 Å². The first-order valence-electron chi connectivity index (χ1n) is 9.81. The van der Waals surface area contributed by atoms with E-state index in [-0.39, 0.29) is 17.4 Å². The maximum Gasteiger partial charge on any atom is 0.251 e. The van der Waals surface area contributed by atoms with Crippen molar-refractivity contribution in [2.24, 2.45) is 5.92 Å². The molecule has 5 rings (SSSR count). The quantitative estimate of drug-likeness (QED) is 0.656. The Hall–Kier alpha value is -3.36. The van der Waals surface area contributed by atoms with Crippen LogP contribution in [0.3, 0.4) is 0 Å². The van der Waals surface area contributed by atoms with Gasteiger partial charge in [0.2, 0.25) is 5.91 Å². The summed E-state index contributed by atoms with van der Waals surface area (Å²) < 4.78 is 3.46. The molecule has 9 nitrogen and oxygen atoms in total. The fourth-order valence-corrected chi connectivity index (χ4v) is 4.51. The Balaban J connectivity index is 1.38. The number of carbonyl (C=O) groups excluding carboxylic acids is 1. The van der Waals surface area contributed by atoms with Crippen molar-refractivity contribution in [2.45, 2.75) is 31.8 Å². The van der Waals surface area contributed by atoms with Crippen LogP contribution in [0.4, 0.5) is 0 Å². The normalized spacial score (nSPS) is 20.3. The maximum absolute atomic E-state index is 12.8. The number of hydrogen-bond acceptors (Lipinski definition) is 6. The second kappa shape index (κ2) is 7.23. The van der Waals surface area contributed by atoms with Crippen LogP contribution in [0.15, 0.2) is 47.8 Å². The first-order chi connectivity index (χ1) is 14.2. The number of pyridine rings is 2. The van der Waals surface area contributed by atoms with Crippen molar-refractivity contribution in [3.05, 3.63) is 59.0 Å². The molecule has 1 amide bonds. The van der Waals surface area contributed by atoms with E-state index in [4.69, 9.17) is 0 Å². The molecule has 1 saturated heterocycles. The lowest BCUT2D eigenvalue weighted by Crippen LogP contribution is -2.49. The number of likely N-dealkylation sites (tertiary alicyclic amines) is 1. The van der Waals surface area contributed by atoms with Crippen LogP contribution in [-0.2, 0) is 17.9 Å². The Kier molecular flexibility index (Phi) is 4.42. The molecule has 2 aliphatic rings. The Morgan fingerprint density at radius 1 is 1.17 bits per heavy atom. The van der Waals surface area contributed by atoms with Crippen LogP contribution in [0.5, 0.6) is 0 Å². The van der Waals surface area contributed by atoms with Gasteiger partial charge in [-0.15, -0.1) is 5.10 Å². The summed E-state index contributed by atoms with van der Waals surface area (Å²) in [7, 11) is 0. The summed E-state index contributed by atoms with van der Waals surface area (Å²) in [6.45, 7) is 2.47. The molecule has 0 spiro atoms. The molecule has 2 atom stereocenters. The lowest BCUT2D eigenvalue weighted by atomic mass is 9.82. The van der Waals surface area contributed by atoms with E-state index in [9.17, 15) is 9.59 Å². The summed E-state index contributed by atoms with van der Waals surface area (Å²) in [4.78, 5) is 31.6. The lowest BCUT2D eigenvalue weighted by molar-refractivity contribution is -0.134. The van der Waals surface area contributed by atoms with Gasteiger partial charge in [-0.2, -0.15) is 0 Å². The van der Waals surface area contributed by atoms with E-state index < -0.39 is 0 Å². The van der Waals surface area contributed by atoms with Crippen molar-refractivity contribution < 1.29 is 4.79 Å². The van der Waals surface area contributed by atoms with Crippen molar-refractivity contribution >= 4 is 5.91 Å². The molecule has 2 bridgehead atoms. The molecule has 0 unspecified atom stereocenters. The number of carbonyl (C=O) groups is 1. The molecule has 3 aromatic rings. The zero-order valence-corrected chi connectivity index (χ0v) is 15.9. The van der Waals surface area contributed by atoms with Gasteiger partial charge in [0.05, 0.1) is 6.54 Å². The van der Waals surface area contributed by atoms with E-state index in [1.165, 1.54) is 6.33 Å². The van der Waals surface area contributed by atoms with Crippen LogP contribution < -0.4 is 5.56 Å². The average molecular weight is 391 g/mol. The van der Waals surface area contributed by atoms with Crippen LogP contribution in [0.1, 0.15) is 24.5 Å². The third kappa shape index (κ3) is 3.43. The SMILES string of the molecule is O=C(CCn1cnnn1)N1C[C@@H]2C[C@H](C1)c1cc(-c3cccnc3)cc(=O)n1C2. The minimum Gasteiger partial charge on any atom is -0.342 e. The number of aromatic nitrogens is 6. The van der Waals surface area contributed by atoms with Gasteiger partial charge in [0.1, 0.15) is 6.33 Å². The fourth-order valence-electron chi connectivity index (χ4n) is 4.51. The highest BCUT2D eigenvalue weighted by molar-refractivity contribution is 5.76. The molecule has 148 valence electrons. The third-order valence-electron chi connectivity index (χ3n) is 5.85. The van der Waals surface area contributed by atoms with E-state index in [0.717, 1.165) is 23.2 Å². The van der Waals surface area contributed by atoms with E-state index in [2.05, 4.69) is 26.6 Å². The highest BCUT2D eigenvalue weighted by Gasteiger charge is 2.36. The number of tetrazole rings is 1. The summed E-state index contributed by atoms with van der Waals surface area (Å²) >= 11 is 0. The molecular formula is C20H21N7O2. The monoisotopic (exact) mass is 391 g/mol. The summed E-state index contributed by atoms with van der Waals surface area (Å²) in [5.74, 6) is 0.582. The molecule has 0 aliphatic carbocycles. The second-order valence-electron chi connectivity index (χ2n) is 7.78. The number of fused-ring (bicyclic) bond motifs is 4. The van der Waals surface area contributed by atoms with Gasteiger partial charge in [0.15, 0.2) is 0 Å². The summed E-state index contributed by atoms with van der Waals surface area (Å²) in [6, 6.07) is 7.61. The molecule has 0 saturated carbocycles. The number of hydrogen-bond donors (Lipinski definition) is 0. The van der Waals surface area contributed by atoms with Crippen molar-refractivity contribution in [3.63, 3.8) is 0 Å². The predicted molar refractivity (Wildman–Crippen MR) is 104 cm³/mol. The number of aryl methyl sites for hydroxylation is 1. The molecule has 0 radical (unpaired) electrons. The number of nitrogens with zero attached hydrogens (tertiary/aromatic N) is 7. The van der Waals surface area contributed by atoms with E-state index >= 15 is 0 Å². The fraction of sp³-hybridized carbons (Fsp3) is 0.400. The summed E-state index contributed by atoms with van der Waals surface area (Å²) in [5, 5.41) is 11.0. The first-order valence-corrected chi connectivity index (χ1v) is 9.81. The Morgan fingerprint density at radius 2 is 2.10 bits per heavy atom. The van der Waals surface area contributed by atoms with Gasteiger partial charge in [-0.05, 0) is 40.5 Å². The molecular weight excluding hydrogens is 370 g/mol. The van der Waals surface area contributed by atoms with Crippen LogP contribution in [0, 0.1) is 5.92 Å². The lowest BCUT2D eigenvalue weighted by Gasteiger charge is -2.43. The number of rotatable bonds is 4. The molecule has 0 N–H and O–H groups in total. The van der Waals surface area contributed by atoms with E-state index in [0.29, 0.717) is 38.5 Å². The molecule has 0 aromatic carbocycles. The standard InChI is InChI=1S/C20H21N7O2/c28-19(3-5-26-13-22-23-24-26)25-10-14-6-17(12-25)18-7-16(8-20(29)27(18)11-14)15-2-1-4-21-9-15/h1-2,4,7-9,13-14,17H,3,5-6,10-12H2/t14-,17+/m0/s1. The Morgan fingerprint density at radius 3 is 2.90 bits per heavy atom. The first kappa shape index (κ1) is 17.7. The van der Waals surface area contributed by atoms with Gasteiger partial charge in [0, 0.05) is 61.7 Å². The predicted octanol–water partition coefficient (Wildman–Crippen LogP) is 0.933. The highest BCUT2D eigenvalue weighted by Crippen LogP contribution is 2.36. The summed E-state index contributed by atoms with van der Waals surface area (Å²) in [5.41, 5.74) is 2.86. The van der Waals surface area contributed by atoms with Gasteiger partial charge in [-0.25, -0.2) is 4.68 Å². The number of piperidine rings is 1. The minimum atomic E-state index is 0.0227. The number of amides is 1. The average Bonchev–Trinajstić information content (AvgIpc) is 3.27. The smallest absolute Gasteiger partial charge is 0.251 e. The molecule has 2 aliphatic heterocycles. The zero-order chi connectivity index (χ0) is 19.8. The third-order valence-corrected chi connectivity index (χ3v) is 5.85. The van der Waals surface area contributed by atoms with Crippen LogP contribution in [-0.4, -0.2) is 53.7 Å². The topological polar surface area (TPSA) is 98.8 Å². The largest absolute Gasteiger partial charge is 0.342 e. The second-order valence-corrected chi connectivity index (χ2v) is 7.78. The van der Waals surface area contributed by atoms with Gasteiger partial charge in [-0.1, -0.05) is 6.07 Å². The van der Waals surface area contributed by atoms with Crippen molar-refractivity contribution in [1.82, 2.24) is 34.7 Å². The summed E-state index contributed by atoms with van der Waals surface area (Å²) in [6.07, 6.45) is 6.38. The molecule has 9 heteroatoms. The van der Waals surface area contributed by atoms with Crippen LogP contribution >= 0.6 is 0 Å². The van der Waals surface area contributed by atoms with E-state index in [1.807, 2.05) is 21.6 Å². The molecule has 5 heterocycles. The molecule has 1 fully saturated rings. The Labute approximate surface area is 167 Å². The van der Waals surface area contributed by atoms with Gasteiger partial charge in [-0.3, -0.25) is 14.6 Å². The van der Waals surface area contributed by atoms with Crippen LogP contribution in [0.2, 0.25) is 0 Å². The molecule has 29 heavy (non-hydrogen) atoms. The molecule has 3 aromatic heterocycles. The van der Waals surface area contributed by atoms with Crippen molar-refractivity contribution in [3.8, 4) is 11.1 Å². The van der Waals surface area contributed by atoms with Gasteiger partial charge < -0.3 is 9.47 Å². The van der Waals surface area contributed by atoms with Crippen molar-refractivity contribution in [1.29, 1.82) is 0 Å². The minimum absolute atomic E-state index is 0.0227.